The fourth-order valence-corrected chi connectivity index (χ4v) is 1.59. The smallest absolute Gasteiger partial charge is 0.121 e. The lowest BCUT2D eigenvalue weighted by Gasteiger charge is -2.08. The van der Waals surface area contributed by atoms with Crippen LogP contribution in [0, 0.1) is 13.8 Å². The van der Waals surface area contributed by atoms with Crippen molar-refractivity contribution < 1.29 is 4.74 Å². The van der Waals surface area contributed by atoms with Gasteiger partial charge in [-0.3, -0.25) is 0 Å². The molecule has 0 radical (unpaired) electrons. The molecule has 0 heterocycles. The number of benzene rings is 1. The predicted octanol–water partition coefficient (Wildman–Crippen LogP) is 4.97. The summed E-state index contributed by atoms with van der Waals surface area (Å²) in [6.45, 7) is 4.52. The Bertz CT molecular complexity index is 361. The van der Waals surface area contributed by atoms with Crippen molar-refractivity contribution in [3.63, 3.8) is 0 Å². The fraction of sp³-hybridized carbons (Fsp3) is 0.273. The van der Waals surface area contributed by atoms with Gasteiger partial charge in [0, 0.05) is 5.02 Å². The summed E-state index contributed by atoms with van der Waals surface area (Å²) in [4.78, 5) is 0. The molecule has 0 saturated heterocycles. The molecule has 4 heteroatoms. The zero-order chi connectivity index (χ0) is 11.4. The Hall–Kier alpha value is 0.01000. The van der Waals surface area contributed by atoms with Gasteiger partial charge in [-0.25, -0.2) is 0 Å². The van der Waals surface area contributed by atoms with Gasteiger partial charge in [0.1, 0.15) is 12.4 Å². The standard InChI is InChI=1S/C11H11Br2ClO/c1-7-5-9(6-10(14)8(7)2)15-4-3-11(12)13/h3,5-6H,4H2,1-2H3. The van der Waals surface area contributed by atoms with Gasteiger partial charge in [0.05, 0.1) is 3.39 Å². The molecule has 1 rings (SSSR count). The summed E-state index contributed by atoms with van der Waals surface area (Å²) in [6, 6.07) is 3.82. The van der Waals surface area contributed by atoms with Crippen molar-refractivity contribution in [2.45, 2.75) is 13.8 Å². The van der Waals surface area contributed by atoms with Crippen molar-refractivity contribution in [2.24, 2.45) is 0 Å². The third-order valence-electron chi connectivity index (χ3n) is 2.07. The minimum absolute atomic E-state index is 0.505. The van der Waals surface area contributed by atoms with Crippen molar-refractivity contribution in [1.29, 1.82) is 0 Å². The number of hydrogen-bond donors (Lipinski definition) is 0. The monoisotopic (exact) mass is 352 g/mol. The van der Waals surface area contributed by atoms with E-state index in [1.807, 2.05) is 32.1 Å². The maximum Gasteiger partial charge on any atom is 0.121 e. The summed E-state index contributed by atoms with van der Waals surface area (Å²) >= 11 is 12.6. The lowest BCUT2D eigenvalue weighted by atomic mass is 10.1. The van der Waals surface area contributed by atoms with Gasteiger partial charge in [-0.15, -0.1) is 0 Å². The second-order valence-electron chi connectivity index (χ2n) is 3.15. The molecule has 82 valence electrons. The van der Waals surface area contributed by atoms with Gasteiger partial charge in [-0.2, -0.15) is 0 Å². The summed E-state index contributed by atoms with van der Waals surface area (Å²) in [6.07, 6.45) is 1.88. The molecule has 0 N–H and O–H groups in total. The van der Waals surface area contributed by atoms with E-state index >= 15 is 0 Å². The summed E-state index contributed by atoms with van der Waals surface area (Å²) < 4.78 is 6.39. The maximum absolute atomic E-state index is 6.05. The van der Waals surface area contributed by atoms with Gasteiger partial charge >= 0.3 is 0 Å². The minimum Gasteiger partial charge on any atom is -0.489 e. The molecule has 15 heavy (non-hydrogen) atoms. The third-order valence-corrected chi connectivity index (χ3v) is 3.11. The highest BCUT2D eigenvalue weighted by Gasteiger charge is 2.02. The average Bonchev–Trinajstić information content (AvgIpc) is 2.13. The highest BCUT2D eigenvalue weighted by atomic mass is 79.9. The lowest BCUT2D eigenvalue weighted by molar-refractivity contribution is 0.362. The first kappa shape index (κ1) is 13.1. The Labute approximate surface area is 112 Å². The summed E-state index contributed by atoms with van der Waals surface area (Å²) in [5.74, 6) is 0.792. The highest BCUT2D eigenvalue weighted by Crippen LogP contribution is 2.25. The minimum atomic E-state index is 0.505. The van der Waals surface area contributed by atoms with Crippen molar-refractivity contribution in [3.05, 3.63) is 37.7 Å². The Morgan fingerprint density at radius 2 is 2.07 bits per heavy atom. The van der Waals surface area contributed by atoms with Crippen molar-refractivity contribution >= 4 is 43.5 Å². The average molecular weight is 354 g/mol. The molecule has 1 aromatic rings. The van der Waals surface area contributed by atoms with Crippen LogP contribution in [-0.4, -0.2) is 6.61 Å². The molecule has 0 fully saturated rings. The second kappa shape index (κ2) is 5.92. The van der Waals surface area contributed by atoms with Crippen LogP contribution in [0.4, 0.5) is 0 Å². The fourth-order valence-electron chi connectivity index (χ4n) is 1.07. The molecule has 0 aliphatic heterocycles. The van der Waals surface area contributed by atoms with E-state index in [1.54, 1.807) is 0 Å². The van der Waals surface area contributed by atoms with Crippen LogP contribution in [-0.2, 0) is 0 Å². The summed E-state index contributed by atoms with van der Waals surface area (Å²) in [5.41, 5.74) is 2.24. The molecule has 0 aliphatic rings. The molecule has 0 atom stereocenters. The van der Waals surface area contributed by atoms with Crippen LogP contribution >= 0.6 is 43.5 Å². The van der Waals surface area contributed by atoms with E-state index in [0.717, 1.165) is 25.3 Å². The highest BCUT2D eigenvalue weighted by molar-refractivity contribution is 9.28. The maximum atomic E-state index is 6.05. The van der Waals surface area contributed by atoms with Gasteiger partial charge in [0.15, 0.2) is 0 Å². The van der Waals surface area contributed by atoms with Gasteiger partial charge in [0.2, 0.25) is 0 Å². The molecule has 1 aromatic carbocycles. The Kier molecular flexibility index (Phi) is 5.16. The largest absolute Gasteiger partial charge is 0.489 e. The SMILES string of the molecule is Cc1cc(OCC=C(Br)Br)cc(Cl)c1C. The second-order valence-corrected chi connectivity index (χ2v) is 6.33. The predicted molar refractivity (Wildman–Crippen MR) is 72.4 cm³/mol. The first-order valence-corrected chi connectivity index (χ1v) is 6.38. The van der Waals surface area contributed by atoms with Gasteiger partial charge in [-0.1, -0.05) is 11.6 Å². The van der Waals surface area contributed by atoms with E-state index in [4.69, 9.17) is 16.3 Å². The van der Waals surface area contributed by atoms with E-state index in [-0.39, 0.29) is 0 Å². The van der Waals surface area contributed by atoms with Crippen LogP contribution in [0.5, 0.6) is 5.75 Å². The van der Waals surface area contributed by atoms with Crippen LogP contribution in [0.25, 0.3) is 0 Å². The van der Waals surface area contributed by atoms with E-state index in [1.165, 1.54) is 0 Å². The van der Waals surface area contributed by atoms with Crippen LogP contribution in [0.2, 0.25) is 5.02 Å². The Balaban J connectivity index is 2.75. The lowest BCUT2D eigenvalue weighted by Crippen LogP contribution is -1.95. The molecule has 0 amide bonds. The molecule has 0 unspecified atom stereocenters. The first-order chi connectivity index (χ1) is 7.00. The molecule has 0 aromatic heterocycles. The number of rotatable bonds is 3. The molecular weight excluding hydrogens is 343 g/mol. The van der Waals surface area contributed by atoms with Crippen LogP contribution in [0.15, 0.2) is 21.6 Å². The van der Waals surface area contributed by atoms with Crippen LogP contribution in [0.1, 0.15) is 11.1 Å². The van der Waals surface area contributed by atoms with Gasteiger partial charge < -0.3 is 4.74 Å². The number of hydrogen-bond acceptors (Lipinski definition) is 1. The quantitative estimate of drug-likeness (QED) is 0.745. The molecule has 1 nitrogen and oxygen atoms in total. The molecular formula is C11H11Br2ClO. The Morgan fingerprint density at radius 3 is 2.60 bits per heavy atom. The van der Waals surface area contributed by atoms with Crippen molar-refractivity contribution in [2.75, 3.05) is 6.61 Å². The van der Waals surface area contributed by atoms with Gasteiger partial charge in [-0.05, 0) is 75.0 Å². The third kappa shape index (κ3) is 4.17. The zero-order valence-electron chi connectivity index (χ0n) is 8.48. The Morgan fingerprint density at radius 1 is 1.40 bits per heavy atom. The normalized spacial score (nSPS) is 9.93. The number of halogens is 3. The topological polar surface area (TPSA) is 9.23 Å². The summed E-state index contributed by atoms with van der Waals surface area (Å²) in [5, 5.41) is 0.742. The van der Waals surface area contributed by atoms with Crippen LogP contribution in [0.3, 0.4) is 0 Å². The van der Waals surface area contributed by atoms with E-state index < -0.39 is 0 Å². The zero-order valence-corrected chi connectivity index (χ0v) is 12.4. The molecule has 0 saturated carbocycles. The van der Waals surface area contributed by atoms with Gasteiger partial charge in [0.25, 0.3) is 0 Å². The summed E-state index contributed by atoms with van der Waals surface area (Å²) in [7, 11) is 0. The molecule has 0 spiro atoms. The number of ether oxygens (including phenoxy) is 1. The van der Waals surface area contributed by atoms with E-state index in [9.17, 15) is 0 Å². The van der Waals surface area contributed by atoms with Crippen molar-refractivity contribution in [1.82, 2.24) is 0 Å². The van der Waals surface area contributed by atoms with E-state index in [2.05, 4.69) is 31.9 Å². The van der Waals surface area contributed by atoms with E-state index in [0.29, 0.717) is 6.61 Å². The molecule has 0 aliphatic carbocycles. The molecule has 0 bridgehead atoms. The van der Waals surface area contributed by atoms with Crippen LogP contribution < -0.4 is 4.74 Å². The first-order valence-electron chi connectivity index (χ1n) is 4.41. The van der Waals surface area contributed by atoms with Crippen molar-refractivity contribution in [3.8, 4) is 5.75 Å². The number of aryl methyl sites for hydroxylation is 1.